The maximum atomic E-state index is 12.4. The average molecular weight is 439 g/mol. The van der Waals surface area contributed by atoms with Crippen LogP contribution in [0.4, 0.5) is 0 Å². The molecule has 0 aromatic carbocycles. The van der Waals surface area contributed by atoms with Crippen LogP contribution in [0.15, 0.2) is 12.2 Å². The number of aliphatic hydroxyl groups excluding tert-OH is 1. The fraction of sp³-hybridized carbons (Fsp3) is 0.852. The third kappa shape index (κ3) is 18.1. The first-order chi connectivity index (χ1) is 15.1. The zero-order valence-corrected chi connectivity index (χ0v) is 20.7. The van der Waals surface area contributed by atoms with Crippen LogP contribution >= 0.6 is 0 Å². The minimum atomic E-state index is -0.574. The van der Waals surface area contributed by atoms with Crippen molar-refractivity contribution >= 4 is 11.8 Å². The number of esters is 1. The highest BCUT2D eigenvalue weighted by molar-refractivity contribution is 5.98. The van der Waals surface area contributed by atoms with Crippen LogP contribution in [0, 0.1) is 5.92 Å². The van der Waals surface area contributed by atoms with Crippen molar-refractivity contribution in [1.29, 1.82) is 0 Å². The number of aliphatic hydroxyl groups is 1. The second-order valence-electron chi connectivity index (χ2n) is 8.91. The van der Waals surface area contributed by atoms with Crippen molar-refractivity contribution in [3.63, 3.8) is 0 Å². The van der Waals surface area contributed by atoms with Gasteiger partial charge in [0, 0.05) is 6.42 Å². The summed E-state index contributed by atoms with van der Waals surface area (Å²) in [5, 5.41) is 9.96. The number of rotatable bonds is 22. The summed E-state index contributed by atoms with van der Waals surface area (Å²) in [6.45, 7) is 4.38. The van der Waals surface area contributed by atoms with Crippen molar-refractivity contribution in [1.82, 2.24) is 0 Å². The van der Waals surface area contributed by atoms with E-state index in [1.807, 2.05) is 0 Å². The van der Waals surface area contributed by atoms with Crippen molar-refractivity contribution in [2.24, 2.45) is 5.92 Å². The van der Waals surface area contributed by atoms with Gasteiger partial charge in [0.25, 0.3) is 0 Å². The molecule has 0 amide bonds. The third-order valence-electron chi connectivity index (χ3n) is 5.98. The summed E-state index contributed by atoms with van der Waals surface area (Å²) in [5.74, 6) is -0.885. The maximum Gasteiger partial charge on any atom is 0.316 e. The Morgan fingerprint density at radius 2 is 1.35 bits per heavy atom. The van der Waals surface area contributed by atoms with Gasteiger partial charge in [-0.3, -0.25) is 9.59 Å². The molecular formula is C27H50O4. The lowest BCUT2D eigenvalue weighted by atomic mass is 9.93. The van der Waals surface area contributed by atoms with Gasteiger partial charge in [-0.1, -0.05) is 96.6 Å². The molecule has 4 heteroatoms. The van der Waals surface area contributed by atoms with Crippen LogP contribution in [-0.4, -0.2) is 30.1 Å². The smallest absolute Gasteiger partial charge is 0.316 e. The number of hydrogen-bond acceptors (Lipinski definition) is 4. The number of hydrogen-bond donors (Lipinski definition) is 1. The van der Waals surface area contributed by atoms with Gasteiger partial charge in [-0.15, -0.1) is 0 Å². The SMILES string of the molecule is CCCCCCCC(=O)C(CCCCCC/C=C\C[C@H](O)CCCCCC)C(=O)OC. The number of carbonyl (C=O) groups is 2. The van der Waals surface area contributed by atoms with Crippen LogP contribution in [0.3, 0.4) is 0 Å². The van der Waals surface area contributed by atoms with Crippen LogP contribution in [-0.2, 0) is 14.3 Å². The van der Waals surface area contributed by atoms with E-state index in [0.29, 0.717) is 12.8 Å². The molecule has 0 aliphatic rings. The quantitative estimate of drug-likeness (QED) is 0.0832. The summed E-state index contributed by atoms with van der Waals surface area (Å²) in [5.41, 5.74) is 0. The highest BCUT2D eigenvalue weighted by Gasteiger charge is 2.26. The van der Waals surface area contributed by atoms with Gasteiger partial charge in [0.05, 0.1) is 13.2 Å². The molecule has 0 aliphatic carbocycles. The second-order valence-corrected chi connectivity index (χ2v) is 8.91. The normalized spacial score (nSPS) is 13.4. The average Bonchev–Trinajstić information content (AvgIpc) is 2.77. The number of Topliss-reactive ketones (excluding diaryl/α,β-unsaturated/α-hetero) is 1. The second kappa shape index (κ2) is 22.0. The lowest BCUT2D eigenvalue weighted by molar-refractivity contribution is -0.149. The Morgan fingerprint density at radius 3 is 2.03 bits per heavy atom. The van der Waals surface area contributed by atoms with Gasteiger partial charge in [-0.2, -0.15) is 0 Å². The molecule has 1 N–H and O–H groups in total. The van der Waals surface area contributed by atoms with Gasteiger partial charge >= 0.3 is 5.97 Å². The first-order valence-corrected chi connectivity index (χ1v) is 13.0. The molecule has 1 unspecified atom stereocenters. The molecule has 31 heavy (non-hydrogen) atoms. The highest BCUT2D eigenvalue weighted by atomic mass is 16.5. The van der Waals surface area contributed by atoms with Crippen molar-refractivity contribution in [3.05, 3.63) is 12.2 Å². The van der Waals surface area contributed by atoms with Gasteiger partial charge in [-0.25, -0.2) is 0 Å². The largest absolute Gasteiger partial charge is 0.468 e. The van der Waals surface area contributed by atoms with Crippen LogP contribution in [0.1, 0.15) is 129 Å². The van der Waals surface area contributed by atoms with Crippen LogP contribution in [0.5, 0.6) is 0 Å². The Kier molecular flexibility index (Phi) is 21.2. The highest BCUT2D eigenvalue weighted by Crippen LogP contribution is 2.18. The third-order valence-corrected chi connectivity index (χ3v) is 5.98. The number of methoxy groups -OCH3 is 1. The Morgan fingerprint density at radius 1 is 0.774 bits per heavy atom. The molecule has 0 saturated heterocycles. The van der Waals surface area contributed by atoms with E-state index in [4.69, 9.17) is 4.74 Å². The molecule has 4 nitrogen and oxygen atoms in total. The van der Waals surface area contributed by atoms with E-state index in [-0.39, 0.29) is 17.9 Å². The van der Waals surface area contributed by atoms with Gasteiger partial charge in [-0.05, 0) is 38.5 Å². The van der Waals surface area contributed by atoms with Crippen LogP contribution in [0.25, 0.3) is 0 Å². The predicted octanol–water partition coefficient (Wildman–Crippen LogP) is 7.32. The minimum Gasteiger partial charge on any atom is -0.468 e. The lowest BCUT2D eigenvalue weighted by Crippen LogP contribution is -2.25. The molecule has 182 valence electrons. The molecular weight excluding hydrogens is 388 g/mol. The Bertz CT molecular complexity index is 458. The van der Waals surface area contributed by atoms with E-state index in [1.54, 1.807) is 0 Å². The monoisotopic (exact) mass is 438 g/mol. The van der Waals surface area contributed by atoms with E-state index in [9.17, 15) is 14.7 Å². The standard InChI is InChI=1S/C27H50O4/c1-4-6-8-13-19-23-26(29)25(27(30)31-3)22-18-15-12-10-11-14-17-21-24(28)20-16-9-7-5-2/h14,17,24-25,28H,4-13,15-16,18-23H2,1-3H3/b17-14-/t24-,25?/m1/s1. The molecule has 0 spiro atoms. The Hall–Kier alpha value is -1.16. The molecule has 0 fully saturated rings. The number of carbonyl (C=O) groups excluding carboxylic acids is 2. The number of unbranched alkanes of at least 4 members (excludes halogenated alkanes) is 11. The fourth-order valence-corrected chi connectivity index (χ4v) is 3.89. The summed E-state index contributed by atoms with van der Waals surface area (Å²) in [4.78, 5) is 24.4. The van der Waals surface area contributed by atoms with Crippen LogP contribution in [0.2, 0.25) is 0 Å². The van der Waals surface area contributed by atoms with Gasteiger partial charge in [0.2, 0.25) is 0 Å². The number of ether oxygens (including phenoxy) is 1. The molecule has 0 heterocycles. The Labute approximate surface area is 192 Å². The first kappa shape index (κ1) is 29.8. The lowest BCUT2D eigenvalue weighted by Gasteiger charge is -2.13. The van der Waals surface area contributed by atoms with Crippen molar-refractivity contribution in [2.75, 3.05) is 7.11 Å². The van der Waals surface area contributed by atoms with Gasteiger partial charge in [0.15, 0.2) is 0 Å². The van der Waals surface area contributed by atoms with E-state index >= 15 is 0 Å². The first-order valence-electron chi connectivity index (χ1n) is 13.0. The zero-order chi connectivity index (χ0) is 23.2. The molecule has 2 atom stereocenters. The van der Waals surface area contributed by atoms with Crippen LogP contribution < -0.4 is 0 Å². The van der Waals surface area contributed by atoms with Crippen molar-refractivity contribution in [2.45, 2.75) is 136 Å². The molecule has 0 aliphatic heterocycles. The van der Waals surface area contributed by atoms with E-state index in [1.165, 1.54) is 45.6 Å². The maximum absolute atomic E-state index is 12.4. The fourth-order valence-electron chi connectivity index (χ4n) is 3.89. The van der Waals surface area contributed by atoms with Crippen molar-refractivity contribution < 1.29 is 19.4 Å². The molecule has 0 radical (unpaired) electrons. The van der Waals surface area contributed by atoms with Crippen molar-refractivity contribution in [3.8, 4) is 0 Å². The summed E-state index contributed by atoms with van der Waals surface area (Å²) >= 11 is 0. The molecule has 0 bridgehead atoms. The summed E-state index contributed by atoms with van der Waals surface area (Å²) in [7, 11) is 1.37. The van der Waals surface area contributed by atoms with E-state index < -0.39 is 5.92 Å². The van der Waals surface area contributed by atoms with E-state index in [2.05, 4.69) is 26.0 Å². The Balaban J connectivity index is 3.87. The molecule has 0 aromatic heterocycles. The topological polar surface area (TPSA) is 63.6 Å². The van der Waals surface area contributed by atoms with E-state index in [0.717, 1.165) is 64.2 Å². The number of ketones is 1. The summed E-state index contributed by atoms with van der Waals surface area (Å²) < 4.78 is 4.87. The van der Waals surface area contributed by atoms with Gasteiger partial charge in [0.1, 0.15) is 11.7 Å². The summed E-state index contributed by atoms with van der Waals surface area (Å²) in [6, 6.07) is 0. The summed E-state index contributed by atoms with van der Waals surface area (Å²) in [6.07, 6.45) is 22.4. The van der Waals surface area contributed by atoms with Gasteiger partial charge < -0.3 is 9.84 Å². The number of allylic oxidation sites excluding steroid dienone is 1. The predicted molar refractivity (Wildman–Crippen MR) is 130 cm³/mol. The molecule has 0 aromatic rings. The molecule has 0 rings (SSSR count). The molecule has 0 saturated carbocycles. The minimum absolute atomic E-state index is 0.0551. The zero-order valence-electron chi connectivity index (χ0n) is 20.7.